The lowest BCUT2D eigenvalue weighted by Gasteiger charge is -2.24. The molecule has 5 nitrogen and oxygen atoms in total. The Balaban J connectivity index is 2.04. The number of nitrogens with one attached hydrogen (secondary N) is 1. The van der Waals surface area contributed by atoms with E-state index in [1.165, 1.54) is 0 Å². The van der Waals surface area contributed by atoms with Crippen LogP contribution in [0, 0.1) is 20.8 Å². The van der Waals surface area contributed by atoms with E-state index in [0.717, 1.165) is 33.8 Å². The molecule has 0 saturated carbocycles. The van der Waals surface area contributed by atoms with E-state index in [2.05, 4.69) is 11.1 Å². The summed E-state index contributed by atoms with van der Waals surface area (Å²) < 4.78 is 5.21. The molecule has 0 bridgehead atoms. The average Bonchev–Trinajstić information content (AvgIpc) is 2.65. The fraction of sp³-hybridized carbons (Fsp3) is 0.217. The minimum Gasteiger partial charge on any atom is -0.497 e. The third-order valence-corrected chi connectivity index (χ3v) is 4.55. The Labute approximate surface area is 164 Å². The molecule has 3 rings (SSSR count). The number of nitrogens with zero attached hydrogens (tertiary/aromatic N) is 1. The van der Waals surface area contributed by atoms with Crippen molar-refractivity contribution in [1.29, 1.82) is 0 Å². The fourth-order valence-electron chi connectivity index (χ4n) is 3.19. The Bertz CT molecular complexity index is 1030. The number of pyridine rings is 1. The molecule has 28 heavy (non-hydrogen) atoms. The Morgan fingerprint density at radius 2 is 1.61 bits per heavy atom. The number of carbonyl (C=O) groups excluding carboxylic acids is 1. The number of H-pyrrole nitrogens is 1. The number of hydrogen-bond acceptors (Lipinski definition) is 3. The van der Waals surface area contributed by atoms with Crippen LogP contribution in [0.2, 0.25) is 0 Å². The SMILES string of the molecule is COc1ccc(CN(C(=O)c2ccc(C)[nH]c2=O)c2cc(C)cc(C)c2)cc1. The van der Waals surface area contributed by atoms with Gasteiger partial charge in [0.2, 0.25) is 0 Å². The number of benzene rings is 2. The molecular formula is C23H24N2O3. The maximum atomic E-state index is 13.3. The van der Waals surface area contributed by atoms with E-state index in [4.69, 9.17) is 4.74 Å². The number of anilines is 1. The second-order valence-corrected chi connectivity index (χ2v) is 6.97. The summed E-state index contributed by atoms with van der Waals surface area (Å²) in [7, 11) is 1.62. The topological polar surface area (TPSA) is 62.4 Å². The summed E-state index contributed by atoms with van der Waals surface area (Å²) in [5, 5.41) is 0. The fourth-order valence-corrected chi connectivity index (χ4v) is 3.19. The van der Waals surface area contributed by atoms with Crippen LogP contribution in [0.25, 0.3) is 0 Å². The zero-order chi connectivity index (χ0) is 20.3. The van der Waals surface area contributed by atoms with E-state index in [1.807, 2.05) is 50.2 Å². The van der Waals surface area contributed by atoms with Gasteiger partial charge >= 0.3 is 0 Å². The van der Waals surface area contributed by atoms with Crippen LogP contribution in [0.3, 0.4) is 0 Å². The molecule has 0 atom stereocenters. The minimum atomic E-state index is -0.380. The number of rotatable bonds is 5. The second-order valence-electron chi connectivity index (χ2n) is 6.97. The summed E-state index contributed by atoms with van der Waals surface area (Å²) in [6.45, 7) is 6.12. The van der Waals surface area contributed by atoms with E-state index < -0.39 is 0 Å². The predicted molar refractivity (Wildman–Crippen MR) is 111 cm³/mol. The van der Waals surface area contributed by atoms with Crippen LogP contribution in [0.15, 0.2) is 59.4 Å². The first-order valence-electron chi connectivity index (χ1n) is 9.10. The quantitative estimate of drug-likeness (QED) is 0.727. The molecule has 0 aliphatic carbocycles. The maximum Gasteiger partial charge on any atom is 0.264 e. The van der Waals surface area contributed by atoms with Gasteiger partial charge in [-0.15, -0.1) is 0 Å². The van der Waals surface area contributed by atoms with Crippen LogP contribution in [0.5, 0.6) is 5.75 Å². The highest BCUT2D eigenvalue weighted by Crippen LogP contribution is 2.23. The number of ether oxygens (including phenoxy) is 1. The van der Waals surface area contributed by atoms with Gasteiger partial charge in [0.05, 0.1) is 13.7 Å². The van der Waals surface area contributed by atoms with Gasteiger partial charge in [-0.25, -0.2) is 0 Å². The summed E-state index contributed by atoms with van der Waals surface area (Å²) in [6, 6.07) is 16.8. The molecule has 1 N–H and O–H groups in total. The van der Waals surface area contributed by atoms with Crippen molar-refractivity contribution >= 4 is 11.6 Å². The number of hydrogen-bond donors (Lipinski definition) is 1. The number of aryl methyl sites for hydroxylation is 3. The van der Waals surface area contributed by atoms with Crippen molar-refractivity contribution in [2.75, 3.05) is 12.0 Å². The zero-order valence-electron chi connectivity index (χ0n) is 16.6. The predicted octanol–water partition coefficient (Wildman–Crippen LogP) is 4.16. The highest BCUT2D eigenvalue weighted by molar-refractivity contribution is 6.05. The standard InChI is InChI=1S/C23H24N2O3/c1-15-11-16(2)13-19(12-15)25(14-18-6-8-20(28-4)9-7-18)23(27)21-10-5-17(3)24-22(21)26/h5-13H,14H2,1-4H3,(H,24,26). The number of aromatic nitrogens is 1. The molecule has 0 aliphatic heterocycles. The number of carbonyl (C=O) groups is 1. The average molecular weight is 376 g/mol. The monoisotopic (exact) mass is 376 g/mol. The van der Waals surface area contributed by atoms with Crippen molar-refractivity contribution in [2.45, 2.75) is 27.3 Å². The maximum absolute atomic E-state index is 13.3. The van der Waals surface area contributed by atoms with E-state index in [9.17, 15) is 9.59 Å². The molecule has 0 fully saturated rings. The van der Waals surface area contributed by atoms with E-state index in [-0.39, 0.29) is 17.0 Å². The third-order valence-electron chi connectivity index (χ3n) is 4.55. The van der Waals surface area contributed by atoms with Crippen molar-refractivity contribution in [3.05, 3.63) is 92.9 Å². The third kappa shape index (κ3) is 4.31. The summed E-state index contributed by atoms with van der Waals surface area (Å²) >= 11 is 0. The lowest BCUT2D eigenvalue weighted by molar-refractivity contribution is 0.0983. The van der Waals surface area contributed by atoms with Gasteiger partial charge in [-0.3, -0.25) is 9.59 Å². The molecule has 2 aromatic carbocycles. The van der Waals surface area contributed by atoms with Gasteiger partial charge in [-0.1, -0.05) is 18.2 Å². The molecule has 1 heterocycles. The van der Waals surface area contributed by atoms with Crippen LogP contribution in [-0.2, 0) is 6.54 Å². The van der Waals surface area contributed by atoms with Gasteiger partial charge in [-0.2, -0.15) is 0 Å². The highest BCUT2D eigenvalue weighted by Gasteiger charge is 2.21. The van der Waals surface area contributed by atoms with Gasteiger partial charge in [0.1, 0.15) is 11.3 Å². The largest absolute Gasteiger partial charge is 0.497 e. The molecule has 0 spiro atoms. The Hall–Kier alpha value is -3.34. The van der Waals surface area contributed by atoms with Crippen LogP contribution in [-0.4, -0.2) is 18.0 Å². The molecule has 0 unspecified atom stereocenters. The van der Waals surface area contributed by atoms with Crippen molar-refractivity contribution in [2.24, 2.45) is 0 Å². The molecule has 5 heteroatoms. The molecule has 0 aliphatic rings. The summed E-state index contributed by atoms with van der Waals surface area (Å²) in [5.74, 6) is 0.421. The van der Waals surface area contributed by atoms with Crippen LogP contribution in [0.4, 0.5) is 5.69 Å². The first-order valence-corrected chi connectivity index (χ1v) is 9.10. The first-order chi connectivity index (χ1) is 13.4. The summed E-state index contributed by atoms with van der Waals surface area (Å²) in [4.78, 5) is 30.0. The van der Waals surface area contributed by atoms with Crippen LogP contribution in [0.1, 0.15) is 32.7 Å². The Kier molecular flexibility index (Phi) is 5.64. The van der Waals surface area contributed by atoms with Crippen molar-refractivity contribution < 1.29 is 9.53 Å². The minimum absolute atomic E-state index is 0.123. The molecule has 0 radical (unpaired) electrons. The second kappa shape index (κ2) is 8.13. The lowest BCUT2D eigenvalue weighted by atomic mass is 10.1. The van der Waals surface area contributed by atoms with Crippen molar-refractivity contribution in [1.82, 2.24) is 4.98 Å². The van der Waals surface area contributed by atoms with Crippen LogP contribution >= 0.6 is 0 Å². The highest BCUT2D eigenvalue weighted by atomic mass is 16.5. The summed E-state index contributed by atoms with van der Waals surface area (Å²) in [6.07, 6.45) is 0. The van der Waals surface area contributed by atoms with E-state index >= 15 is 0 Å². The zero-order valence-corrected chi connectivity index (χ0v) is 16.6. The van der Waals surface area contributed by atoms with Crippen LogP contribution < -0.4 is 15.2 Å². The van der Waals surface area contributed by atoms with Gasteiger partial charge in [0, 0.05) is 11.4 Å². The van der Waals surface area contributed by atoms with E-state index in [0.29, 0.717) is 6.54 Å². The molecular weight excluding hydrogens is 352 g/mol. The molecule has 3 aromatic rings. The first kappa shape index (κ1) is 19.4. The summed E-state index contributed by atoms with van der Waals surface area (Å²) in [5.41, 5.74) is 4.28. The Morgan fingerprint density at radius 3 is 2.18 bits per heavy atom. The van der Waals surface area contributed by atoms with Gasteiger partial charge in [0.25, 0.3) is 11.5 Å². The normalized spacial score (nSPS) is 10.6. The molecule has 0 saturated heterocycles. The van der Waals surface area contributed by atoms with Gasteiger partial charge in [-0.05, 0) is 73.9 Å². The smallest absolute Gasteiger partial charge is 0.264 e. The lowest BCUT2D eigenvalue weighted by Crippen LogP contribution is -2.34. The van der Waals surface area contributed by atoms with Crippen molar-refractivity contribution in [3.8, 4) is 5.75 Å². The molecule has 144 valence electrons. The van der Waals surface area contributed by atoms with Gasteiger partial charge in [0.15, 0.2) is 0 Å². The number of aromatic amines is 1. The van der Waals surface area contributed by atoms with Crippen molar-refractivity contribution in [3.63, 3.8) is 0 Å². The van der Waals surface area contributed by atoms with E-state index in [1.54, 1.807) is 31.1 Å². The number of methoxy groups -OCH3 is 1. The molecule has 1 amide bonds. The Morgan fingerprint density at radius 1 is 0.964 bits per heavy atom. The molecule has 1 aromatic heterocycles. The van der Waals surface area contributed by atoms with Gasteiger partial charge < -0.3 is 14.6 Å². The number of amides is 1.